The Morgan fingerprint density at radius 2 is 2.09 bits per heavy atom. The molecule has 2 aliphatic rings. The lowest BCUT2D eigenvalue weighted by Gasteiger charge is -2.44. The third kappa shape index (κ3) is 4.16. The van der Waals surface area contributed by atoms with Crippen LogP contribution in [-0.4, -0.2) is 56.8 Å². The fraction of sp³-hybridized carbons (Fsp3) is 0.565. The van der Waals surface area contributed by atoms with Crippen LogP contribution in [0.5, 0.6) is 0 Å². The molecule has 172 valence electrons. The van der Waals surface area contributed by atoms with Gasteiger partial charge in [-0.2, -0.15) is 0 Å². The predicted molar refractivity (Wildman–Crippen MR) is 117 cm³/mol. The van der Waals surface area contributed by atoms with Crippen LogP contribution in [0.3, 0.4) is 0 Å². The van der Waals surface area contributed by atoms with Gasteiger partial charge in [0, 0.05) is 25.6 Å². The maximum atomic E-state index is 13.5. The van der Waals surface area contributed by atoms with E-state index >= 15 is 0 Å². The first-order chi connectivity index (χ1) is 15.4. The second-order valence-electron chi connectivity index (χ2n) is 8.84. The number of amides is 3. The summed E-state index contributed by atoms with van der Waals surface area (Å²) in [5.41, 5.74) is -0.704. The van der Waals surface area contributed by atoms with Crippen LogP contribution in [0.1, 0.15) is 72.7 Å². The lowest BCUT2D eigenvalue weighted by Crippen LogP contribution is -2.65. The largest absolute Gasteiger partial charge is 0.469 e. The Kier molecular flexibility index (Phi) is 6.34. The van der Waals surface area contributed by atoms with Crippen LogP contribution in [0, 0.1) is 0 Å². The van der Waals surface area contributed by atoms with E-state index in [1.54, 1.807) is 28.7 Å². The Hall–Kier alpha value is -3.10. The highest BCUT2D eigenvalue weighted by Crippen LogP contribution is 2.30. The van der Waals surface area contributed by atoms with Crippen LogP contribution in [0.2, 0.25) is 0 Å². The summed E-state index contributed by atoms with van der Waals surface area (Å²) in [4.78, 5) is 45.4. The summed E-state index contributed by atoms with van der Waals surface area (Å²) in [7, 11) is 0. The van der Waals surface area contributed by atoms with Gasteiger partial charge in [0.05, 0.1) is 19.1 Å². The Labute approximate surface area is 187 Å². The van der Waals surface area contributed by atoms with Crippen molar-refractivity contribution >= 4 is 17.7 Å². The van der Waals surface area contributed by atoms with E-state index in [4.69, 9.17) is 4.42 Å². The maximum absolute atomic E-state index is 13.5. The number of carbonyl (C=O) groups excluding carboxylic acids is 3. The van der Waals surface area contributed by atoms with Crippen molar-refractivity contribution in [2.24, 2.45) is 0 Å². The molecule has 0 saturated heterocycles. The van der Waals surface area contributed by atoms with Gasteiger partial charge in [0.25, 0.3) is 11.8 Å². The van der Waals surface area contributed by atoms with Crippen molar-refractivity contribution in [1.82, 2.24) is 25.1 Å². The Morgan fingerprint density at radius 1 is 1.31 bits per heavy atom. The zero-order valence-electron chi connectivity index (χ0n) is 18.7. The minimum absolute atomic E-state index is 0.0915. The number of fused-ring (bicyclic) bond motifs is 1. The molecular formula is C23H31N5O4. The van der Waals surface area contributed by atoms with Gasteiger partial charge in [0.1, 0.15) is 17.0 Å². The van der Waals surface area contributed by atoms with Crippen LogP contribution in [0.25, 0.3) is 0 Å². The van der Waals surface area contributed by atoms with Gasteiger partial charge in [-0.05, 0) is 38.3 Å². The van der Waals surface area contributed by atoms with Gasteiger partial charge < -0.3 is 24.5 Å². The quantitative estimate of drug-likeness (QED) is 0.652. The molecule has 2 aromatic heterocycles. The van der Waals surface area contributed by atoms with Gasteiger partial charge in [-0.15, -0.1) is 0 Å². The maximum Gasteiger partial charge on any atom is 0.273 e. The van der Waals surface area contributed by atoms with Crippen LogP contribution in [0.15, 0.2) is 29.1 Å². The monoisotopic (exact) mass is 441 g/mol. The average Bonchev–Trinajstić information content (AvgIpc) is 3.53. The molecule has 1 fully saturated rings. The van der Waals surface area contributed by atoms with E-state index in [0.29, 0.717) is 25.9 Å². The van der Waals surface area contributed by atoms with E-state index in [1.807, 2.05) is 13.0 Å². The number of hydrogen-bond donors (Lipinski definition) is 2. The first kappa shape index (κ1) is 22.1. The molecule has 2 aromatic rings. The fourth-order valence-corrected chi connectivity index (χ4v) is 4.68. The van der Waals surface area contributed by atoms with E-state index in [1.165, 1.54) is 6.33 Å². The Balaban J connectivity index is 1.53. The van der Waals surface area contributed by atoms with Gasteiger partial charge in [0.15, 0.2) is 5.69 Å². The summed E-state index contributed by atoms with van der Waals surface area (Å²) >= 11 is 0. The van der Waals surface area contributed by atoms with Gasteiger partial charge >= 0.3 is 0 Å². The zero-order chi connectivity index (χ0) is 22.7. The van der Waals surface area contributed by atoms with Gasteiger partial charge in [0.2, 0.25) is 5.91 Å². The number of furan rings is 1. The number of hydrogen-bond acceptors (Lipinski definition) is 5. The number of nitrogens with zero attached hydrogens (tertiary/aromatic N) is 3. The first-order valence-corrected chi connectivity index (χ1v) is 11.4. The molecule has 3 heterocycles. The van der Waals surface area contributed by atoms with Gasteiger partial charge in [-0.1, -0.05) is 19.8 Å². The van der Waals surface area contributed by atoms with Crippen LogP contribution < -0.4 is 10.6 Å². The molecule has 3 amide bonds. The van der Waals surface area contributed by atoms with Crippen molar-refractivity contribution < 1.29 is 18.8 Å². The lowest BCUT2D eigenvalue weighted by atomic mass is 9.93. The van der Waals surface area contributed by atoms with Crippen LogP contribution >= 0.6 is 0 Å². The Morgan fingerprint density at radius 3 is 2.78 bits per heavy atom. The number of imidazole rings is 1. The molecule has 9 heteroatoms. The van der Waals surface area contributed by atoms with Crippen molar-refractivity contribution in [3.8, 4) is 0 Å². The molecule has 1 saturated carbocycles. The van der Waals surface area contributed by atoms with E-state index in [-0.39, 0.29) is 35.8 Å². The van der Waals surface area contributed by atoms with E-state index in [0.717, 1.165) is 31.4 Å². The van der Waals surface area contributed by atoms with Crippen molar-refractivity contribution in [3.63, 3.8) is 0 Å². The SMILES string of the molecule is CCCN1C(=O)c2c(C(=O)NCCc3ccco3)ncn2CC1(C)C(=O)NC1CCCC1. The zero-order valence-corrected chi connectivity index (χ0v) is 18.7. The molecule has 4 rings (SSSR count). The summed E-state index contributed by atoms with van der Waals surface area (Å²) in [5.74, 6) is -0.119. The van der Waals surface area contributed by atoms with E-state index < -0.39 is 11.4 Å². The molecule has 2 N–H and O–H groups in total. The third-order valence-corrected chi connectivity index (χ3v) is 6.44. The summed E-state index contributed by atoms with van der Waals surface area (Å²) in [5, 5.41) is 5.95. The van der Waals surface area contributed by atoms with Crippen molar-refractivity contribution in [2.75, 3.05) is 13.1 Å². The Bertz CT molecular complexity index is 977. The molecule has 32 heavy (non-hydrogen) atoms. The minimum Gasteiger partial charge on any atom is -0.469 e. The minimum atomic E-state index is -1.03. The van der Waals surface area contributed by atoms with Crippen LogP contribution in [-0.2, 0) is 17.8 Å². The van der Waals surface area contributed by atoms with Crippen molar-refractivity contribution in [3.05, 3.63) is 41.9 Å². The second kappa shape index (κ2) is 9.18. The van der Waals surface area contributed by atoms with Gasteiger partial charge in [-0.25, -0.2) is 4.98 Å². The number of nitrogens with one attached hydrogen (secondary N) is 2. The van der Waals surface area contributed by atoms with Crippen molar-refractivity contribution in [1.29, 1.82) is 0 Å². The third-order valence-electron chi connectivity index (χ3n) is 6.44. The molecule has 0 spiro atoms. The average molecular weight is 442 g/mol. The normalized spacial score (nSPS) is 20.9. The summed E-state index contributed by atoms with van der Waals surface area (Å²) in [6, 6.07) is 3.80. The molecule has 1 aliphatic carbocycles. The smallest absolute Gasteiger partial charge is 0.273 e. The fourth-order valence-electron chi connectivity index (χ4n) is 4.68. The molecule has 1 unspecified atom stereocenters. The summed E-state index contributed by atoms with van der Waals surface area (Å²) in [6.45, 7) is 4.83. The van der Waals surface area contributed by atoms with E-state index in [2.05, 4.69) is 15.6 Å². The van der Waals surface area contributed by atoms with E-state index in [9.17, 15) is 14.4 Å². The highest BCUT2D eigenvalue weighted by atomic mass is 16.3. The summed E-state index contributed by atoms with van der Waals surface area (Å²) < 4.78 is 6.92. The van der Waals surface area contributed by atoms with Gasteiger partial charge in [-0.3, -0.25) is 14.4 Å². The van der Waals surface area contributed by atoms with Crippen molar-refractivity contribution in [2.45, 2.75) is 70.5 Å². The number of carbonyl (C=O) groups is 3. The highest BCUT2D eigenvalue weighted by Gasteiger charge is 2.48. The summed E-state index contributed by atoms with van der Waals surface area (Å²) in [6.07, 6.45) is 8.50. The highest BCUT2D eigenvalue weighted by molar-refractivity contribution is 6.07. The molecule has 1 atom stereocenters. The van der Waals surface area contributed by atoms with Crippen LogP contribution in [0.4, 0.5) is 0 Å². The first-order valence-electron chi connectivity index (χ1n) is 11.4. The number of aromatic nitrogens is 2. The standard InChI is InChI=1S/C23H31N5O4/c1-3-12-28-21(30)19-18(20(29)24-11-10-17-9-6-13-32-17)25-15-27(19)14-23(28,2)22(31)26-16-7-4-5-8-16/h6,9,13,15-16H,3-5,7-8,10-12,14H2,1-2H3,(H,24,29)(H,26,31). The predicted octanol–water partition coefficient (Wildman–Crippen LogP) is 2.13. The molecule has 0 radical (unpaired) electrons. The molecule has 0 bridgehead atoms. The number of rotatable bonds is 8. The molecular weight excluding hydrogens is 410 g/mol. The topological polar surface area (TPSA) is 109 Å². The second-order valence-corrected chi connectivity index (χ2v) is 8.84. The molecule has 9 nitrogen and oxygen atoms in total. The molecule has 0 aromatic carbocycles. The molecule has 1 aliphatic heterocycles. The lowest BCUT2D eigenvalue weighted by molar-refractivity contribution is -0.133.